The van der Waals surface area contributed by atoms with Crippen molar-refractivity contribution >= 4 is 8.38 Å². The van der Waals surface area contributed by atoms with E-state index in [-0.39, 0.29) is 6.04 Å². The summed E-state index contributed by atoms with van der Waals surface area (Å²) < 4.78 is 0. The second-order valence-electron chi connectivity index (χ2n) is 5.36. The predicted octanol–water partition coefficient (Wildman–Crippen LogP) is 3.39. The molecule has 1 saturated carbocycles. The van der Waals surface area contributed by atoms with Crippen LogP contribution in [0.25, 0.3) is 0 Å². The fourth-order valence-corrected chi connectivity index (χ4v) is 3.42. The maximum absolute atomic E-state index is 9.88. The summed E-state index contributed by atoms with van der Waals surface area (Å²) in [5.41, 5.74) is 2.18. The minimum Gasteiger partial charge on any atom is -0.349 e. The summed E-state index contributed by atoms with van der Waals surface area (Å²) in [7, 11) is -2.14. The van der Waals surface area contributed by atoms with Gasteiger partial charge in [0.15, 0.2) is 8.38 Å². The molecule has 2 aromatic carbocycles. The van der Waals surface area contributed by atoms with Crippen molar-refractivity contribution in [3.63, 3.8) is 0 Å². The zero-order valence-corrected chi connectivity index (χ0v) is 13.5. The van der Waals surface area contributed by atoms with Crippen molar-refractivity contribution in [3.05, 3.63) is 103 Å². The van der Waals surface area contributed by atoms with Gasteiger partial charge in [-0.05, 0) is 36.8 Å². The third kappa shape index (κ3) is 4.19. The van der Waals surface area contributed by atoms with Crippen LogP contribution in [-0.2, 0) is 0 Å². The first-order valence-corrected chi connectivity index (χ1v) is 8.82. The van der Waals surface area contributed by atoms with Crippen LogP contribution < -0.4 is 5.32 Å². The average Bonchev–Trinajstić information content (AvgIpc) is 3.11. The van der Waals surface area contributed by atoms with Gasteiger partial charge < -0.3 is 9.79 Å². The maximum Gasteiger partial charge on any atom is 0.183 e. The lowest BCUT2D eigenvalue weighted by Crippen LogP contribution is -2.36. The SMILES string of the molecule is OP(O)C(NC(c1ccccc1)c1ccccc1)[C]1[CH][CH][CH][CH]1. The van der Waals surface area contributed by atoms with Gasteiger partial charge in [0.2, 0.25) is 0 Å². The van der Waals surface area contributed by atoms with Crippen LogP contribution >= 0.6 is 8.38 Å². The summed E-state index contributed by atoms with van der Waals surface area (Å²) in [5.74, 6) is 0.392. The number of rotatable bonds is 6. The van der Waals surface area contributed by atoms with Gasteiger partial charge >= 0.3 is 0 Å². The zero-order chi connectivity index (χ0) is 16.1. The van der Waals surface area contributed by atoms with Crippen LogP contribution in [0.1, 0.15) is 17.2 Å². The second kappa shape index (κ2) is 8.03. The highest BCUT2D eigenvalue weighted by atomic mass is 31.2. The Morgan fingerprint density at radius 2 is 1.22 bits per heavy atom. The molecule has 117 valence electrons. The highest BCUT2D eigenvalue weighted by Crippen LogP contribution is 2.43. The molecule has 1 atom stereocenters. The molecule has 1 unspecified atom stereocenters. The van der Waals surface area contributed by atoms with Gasteiger partial charge in [-0.15, -0.1) is 0 Å². The molecule has 0 saturated heterocycles. The second-order valence-corrected chi connectivity index (χ2v) is 6.52. The third-order valence-electron chi connectivity index (χ3n) is 3.83. The van der Waals surface area contributed by atoms with E-state index >= 15 is 0 Å². The van der Waals surface area contributed by atoms with Crippen LogP contribution in [0.4, 0.5) is 0 Å². The molecule has 5 radical (unpaired) electrons. The van der Waals surface area contributed by atoms with Crippen LogP contribution in [0.3, 0.4) is 0 Å². The van der Waals surface area contributed by atoms with Crippen LogP contribution in [0, 0.1) is 31.6 Å². The lowest BCUT2D eigenvalue weighted by molar-refractivity contribution is 0.442. The minimum absolute atomic E-state index is 0.110. The Morgan fingerprint density at radius 3 is 1.65 bits per heavy atom. The van der Waals surface area contributed by atoms with Crippen molar-refractivity contribution in [2.75, 3.05) is 0 Å². The zero-order valence-electron chi connectivity index (χ0n) is 12.6. The molecule has 4 heteroatoms. The predicted molar refractivity (Wildman–Crippen MR) is 93.5 cm³/mol. The molecule has 1 fully saturated rings. The van der Waals surface area contributed by atoms with E-state index < -0.39 is 14.2 Å². The molecule has 1 aliphatic rings. The lowest BCUT2D eigenvalue weighted by atomic mass is 9.97. The maximum atomic E-state index is 9.88. The van der Waals surface area contributed by atoms with E-state index in [0.717, 1.165) is 17.0 Å². The number of benzene rings is 2. The van der Waals surface area contributed by atoms with E-state index in [9.17, 15) is 9.79 Å². The third-order valence-corrected chi connectivity index (χ3v) is 4.73. The smallest absolute Gasteiger partial charge is 0.183 e. The average molecular weight is 324 g/mol. The Morgan fingerprint density at radius 1 is 0.739 bits per heavy atom. The highest BCUT2D eigenvalue weighted by molar-refractivity contribution is 7.46. The van der Waals surface area contributed by atoms with E-state index in [1.54, 1.807) is 0 Å². The van der Waals surface area contributed by atoms with Crippen molar-refractivity contribution in [3.8, 4) is 0 Å². The number of nitrogens with one attached hydrogen (secondary N) is 1. The molecule has 0 amide bonds. The van der Waals surface area contributed by atoms with Crippen molar-refractivity contribution in [2.45, 2.75) is 11.8 Å². The number of hydrogen-bond donors (Lipinski definition) is 3. The molecular formula is C19H19NO2P. The molecule has 3 N–H and O–H groups in total. The summed E-state index contributed by atoms with van der Waals surface area (Å²) in [6.07, 6.45) is 7.63. The van der Waals surface area contributed by atoms with E-state index in [2.05, 4.69) is 5.32 Å². The van der Waals surface area contributed by atoms with Gasteiger partial charge in [-0.1, -0.05) is 60.7 Å². The fraction of sp³-hybridized carbons (Fsp3) is 0.105. The number of hydrogen-bond acceptors (Lipinski definition) is 3. The van der Waals surface area contributed by atoms with E-state index in [0.29, 0.717) is 0 Å². The lowest BCUT2D eigenvalue weighted by Gasteiger charge is -2.30. The van der Waals surface area contributed by atoms with Crippen LogP contribution in [-0.4, -0.2) is 15.6 Å². The van der Waals surface area contributed by atoms with E-state index in [1.165, 1.54) is 0 Å². The standard InChI is InChI=1S/C19H19NO2P/c21-23(22)19(17-13-7-8-14-17)20-18(15-9-3-1-4-10-15)16-11-5-2-6-12-16/h1-14,18-22H. The fourth-order valence-electron chi connectivity index (χ4n) is 2.70. The molecule has 0 aliphatic heterocycles. The van der Waals surface area contributed by atoms with Crippen LogP contribution in [0.2, 0.25) is 0 Å². The summed E-state index contributed by atoms with van der Waals surface area (Å²) in [6.45, 7) is 0. The van der Waals surface area contributed by atoms with Gasteiger partial charge in [-0.25, -0.2) is 0 Å². The summed E-state index contributed by atoms with van der Waals surface area (Å²) in [6, 6.07) is 20.0. The van der Waals surface area contributed by atoms with E-state index in [1.807, 2.05) is 86.3 Å². The molecule has 3 nitrogen and oxygen atoms in total. The summed E-state index contributed by atoms with van der Waals surface area (Å²) >= 11 is 0. The molecule has 23 heavy (non-hydrogen) atoms. The molecule has 0 bridgehead atoms. The van der Waals surface area contributed by atoms with Crippen LogP contribution in [0.5, 0.6) is 0 Å². The van der Waals surface area contributed by atoms with Gasteiger partial charge in [0.05, 0.1) is 11.8 Å². The van der Waals surface area contributed by atoms with Crippen LogP contribution in [0.15, 0.2) is 60.7 Å². The van der Waals surface area contributed by atoms with Crippen molar-refractivity contribution in [1.29, 1.82) is 0 Å². The van der Waals surface area contributed by atoms with Crippen molar-refractivity contribution in [1.82, 2.24) is 5.32 Å². The Balaban J connectivity index is 1.88. The van der Waals surface area contributed by atoms with Crippen molar-refractivity contribution < 1.29 is 9.79 Å². The van der Waals surface area contributed by atoms with Gasteiger partial charge in [-0.2, -0.15) is 0 Å². The molecule has 0 heterocycles. The largest absolute Gasteiger partial charge is 0.349 e. The Kier molecular flexibility index (Phi) is 5.80. The minimum atomic E-state index is -2.14. The summed E-state index contributed by atoms with van der Waals surface area (Å²) in [4.78, 5) is 19.8. The molecule has 0 aromatic heterocycles. The quantitative estimate of drug-likeness (QED) is 0.714. The molecule has 2 aromatic rings. The first-order chi connectivity index (χ1) is 11.3. The van der Waals surface area contributed by atoms with Gasteiger partial charge in [0.25, 0.3) is 0 Å². The molecule has 3 rings (SSSR count). The monoisotopic (exact) mass is 324 g/mol. The molecular weight excluding hydrogens is 305 g/mol. The first-order valence-electron chi connectivity index (χ1n) is 7.50. The first kappa shape index (κ1) is 16.6. The Hall–Kier alpha value is -1.25. The van der Waals surface area contributed by atoms with Gasteiger partial charge in [0.1, 0.15) is 0 Å². The van der Waals surface area contributed by atoms with Crippen molar-refractivity contribution in [2.24, 2.45) is 0 Å². The van der Waals surface area contributed by atoms with Gasteiger partial charge in [-0.3, -0.25) is 5.32 Å². The molecule has 0 spiro atoms. The normalized spacial score (nSPS) is 17.0. The highest BCUT2D eigenvalue weighted by Gasteiger charge is 2.33. The van der Waals surface area contributed by atoms with E-state index in [4.69, 9.17) is 0 Å². The topological polar surface area (TPSA) is 52.5 Å². The molecule has 1 aliphatic carbocycles. The Bertz CT molecular complexity index is 545. The Labute approximate surface area is 139 Å². The summed E-state index contributed by atoms with van der Waals surface area (Å²) in [5, 5.41) is 3.42. The van der Waals surface area contributed by atoms with Gasteiger partial charge in [0, 0.05) is 5.92 Å².